The number of carbonyl (C=O) groups excluding carboxylic acids is 1. The van der Waals surface area contributed by atoms with Gasteiger partial charge in [0.1, 0.15) is 0 Å². The highest BCUT2D eigenvalue weighted by Gasteiger charge is 2.43. The minimum Gasteiger partial charge on any atom is -0.391 e. The molecule has 0 saturated heterocycles. The molecule has 2 unspecified atom stereocenters. The van der Waals surface area contributed by atoms with Crippen LogP contribution in [0.3, 0.4) is 0 Å². The minimum absolute atomic E-state index is 0.0426. The van der Waals surface area contributed by atoms with Crippen molar-refractivity contribution >= 4 is 5.91 Å². The summed E-state index contributed by atoms with van der Waals surface area (Å²) in [5.74, 6) is -1.67. The highest BCUT2D eigenvalue weighted by Crippen LogP contribution is 2.40. The molecule has 0 heterocycles. The number of amides is 1. The van der Waals surface area contributed by atoms with Crippen LogP contribution in [0, 0.1) is 11.8 Å². The number of halogens is 3. The van der Waals surface area contributed by atoms with Crippen molar-refractivity contribution in [2.24, 2.45) is 11.8 Å². The molecular formula is C15H24F3NO2. The lowest BCUT2D eigenvalue weighted by atomic mass is 9.80. The fourth-order valence-electron chi connectivity index (χ4n) is 3.66. The largest absolute Gasteiger partial charge is 0.391 e. The molecule has 122 valence electrons. The van der Waals surface area contributed by atoms with E-state index >= 15 is 0 Å². The van der Waals surface area contributed by atoms with Crippen molar-refractivity contribution in [3.05, 3.63) is 0 Å². The third-order valence-corrected chi connectivity index (χ3v) is 5.08. The Labute approximate surface area is 123 Å². The predicted octanol–water partition coefficient (Wildman–Crippen LogP) is 3.12. The van der Waals surface area contributed by atoms with E-state index in [0.717, 1.165) is 19.3 Å². The molecule has 2 rings (SSSR count). The van der Waals surface area contributed by atoms with E-state index in [2.05, 4.69) is 0 Å². The quantitative estimate of drug-likeness (QED) is 0.851. The zero-order chi connectivity index (χ0) is 15.6. The van der Waals surface area contributed by atoms with Crippen molar-refractivity contribution in [1.82, 2.24) is 4.90 Å². The van der Waals surface area contributed by atoms with Gasteiger partial charge in [-0.25, -0.2) is 0 Å². The highest BCUT2D eigenvalue weighted by atomic mass is 19.4. The summed E-state index contributed by atoms with van der Waals surface area (Å²) in [6.07, 6.45) is -0.520. The fourth-order valence-corrected chi connectivity index (χ4v) is 3.66. The van der Waals surface area contributed by atoms with Crippen molar-refractivity contribution in [2.45, 2.75) is 69.7 Å². The molecular weight excluding hydrogens is 283 g/mol. The molecule has 2 saturated carbocycles. The van der Waals surface area contributed by atoms with Crippen LogP contribution in [-0.2, 0) is 4.79 Å². The molecule has 0 bridgehead atoms. The summed E-state index contributed by atoms with van der Waals surface area (Å²) in [5.41, 5.74) is 0. The van der Waals surface area contributed by atoms with E-state index in [4.69, 9.17) is 0 Å². The second-order valence-electron chi connectivity index (χ2n) is 6.46. The average Bonchev–Trinajstić information content (AvgIpc) is 2.45. The van der Waals surface area contributed by atoms with Gasteiger partial charge in [-0.15, -0.1) is 0 Å². The number of nitrogens with zero attached hydrogens (tertiary/aromatic N) is 1. The smallest absolute Gasteiger partial charge is 0.391 e. The molecule has 0 aliphatic heterocycles. The van der Waals surface area contributed by atoms with Gasteiger partial charge in [0.05, 0.1) is 18.1 Å². The number of aliphatic hydroxyl groups is 1. The van der Waals surface area contributed by atoms with Crippen LogP contribution >= 0.6 is 0 Å². The SMILES string of the molecule is CN(C(=O)C1CCC(C(F)(F)F)CC1)C1CCCCC1O. The third kappa shape index (κ3) is 3.90. The molecule has 0 spiro atoms. The highest BCUT2D eigenvalue weighted by molar-refractivity contribution is 5.79. The van der Waals surface area contributed by atoms with Crippen molar-refractivity contribution in [3.63, 3.8) is 0 Å². The van der Waals surface area contributed by atoms with Crippen LogP contribution in [0.2, 0.25) is 0 Å². The fraction of sp³-hybridized carbons (Fsp3) is 0.933. The zero-order valence-corrected chi connectivity index (χ0v) is 12.4. The molecule has 1 amide bonds. The molecule has 1 N–H and O–H groups in total. The standard InChI is InChI=1S/C15H24F3NO2/c1-19(12-4-2-3-5-13(12)20)14(21)10-6-8-11(9-7-10)15(16,17)18/h10-13,20H,2-9H2,1H3. The van der Waals surface area contributed by atoms with E-state index in [1.165, 1.54) is 0 Å². The van der Waals surface area contributed by atoms with E-state index in [0.29, 0.717) is 19.3 Å². The summed E-state index contributed by atoms with van der Waals surface area (Å²) in [6, 6.07) is -0.174. The first-order chi connectivity index (χ1) is 9.80. The van der Waals surface area contributed by atoms with E-state index in [-0.39, 0.29) is 30.7 Å². The van der Waals surface area contributed by atoms with Crippen LogP contribution in [0.4, 0.5) is 13.2 Å². The molecule has 0 aromatic rings. The Hall–Kier alpha value is -0.780. The number of alkyl halides is 3. The number of rotatable bonds is 2. The van der Waals surface area contributed by atoms with E-state index in [1.807, 2.05) is 0 Å². The van der Waals surface area contributed by atoms with Gasteiger partial charge in [-0.05, 0) is 38.5 Å². The minimum atomic E-state index is -4.14. The van der Waals surface area contributed by atoms with Crippen LogP contribution in [0.5, 0.6) is 0 Å². The normalized spacial score (nSPS) is 34.5. The number of hydrogen-bond acceptors (Lipinski definition) is 2. The molecule has 21 heavy (non-hydrogen) atoms. The Morgan fingerprint density at radius 2 is 1.62 bits per heavy atom. The lowest BCUT2D eigenvalue weighted by molar-refractivity contribution is -0.185. The Morgan fingerprint density at radius 1 is 1.05 bits per heavy atom. The van der Waals surface area contributed by atoms with E-state index in [1.54, 1.807) is 11.9 Å². The first-order valence-corrected chi connectivity index (χ1v) is 7.82. The van der Waals surface area contributed by atoms with Gasteiger partial charge in [0.2, 0.25) is 5.91 Å². The third-order valence-electron chi connectivity index (χ3n) is 5.08. The summed E-state index contributed by atoms with van der Waals surface area (Å²) >= 11 is 0. The average molecular weight is 307 g/mol. The Kier molecular flexibility index (Phi) is 5.17. The molecule has 2 aliphatic carbocycles. The van der Waals surface area contributed by atoms with Crippen molar-refractivity contribution in [3.8, 4) is 0 Å². The Balaban J connectivity index is 1.89. The van der Waals surface area contributed by atoms with Gasteiger partial charge in [-0.3, -0.25) is 4.79 Å². The van der Waals surface area contributed by atoms with Crippen LogP contribution in [0.15, 0.2) is 0 Å². The topological polar surface area (TPSA) is 40.5 Å². The van der Waals surface area contributed by atoms with Gasteiger partial charge >= 0.3 is 6.18 Å². The van der Waals surface area contributed by atoms with E-state index in [9.17, 15) is 23.1 Å². The van der Waals surface area contributed by atoms with Crippen LogP contribution < -0.4 is 0 Å². The summed E-state index contributed by atoms with van der Waals surface area (Å²) in [7, 11) is 1.68. The molecule has 6 heteroatoms. The maximum absolute atomic E-state index is 12.6. The van der Waals surface area contributed by atoms with Crippen molar-refractivity contribution in [1.29, 1.82) is 0 Å². The van der Waals surface area contributed by atoms with E-state index < -0.39 is 18.2 Å². The molecule has 2 aliphatic rings. The molecule has 0 aromatic carbocycles. The second kappa shape index (κ2) is 6.55. The Morgan fingerprint density at radius 3 is 2.14 bits per heavy atom. The zero-order valence-electron chi connectivity index (χ0n) is 12.4. The maximum Gasteiger partial charge on any atom is 0.391 e. The first kappa shape index (κ1) is 16.6. The molecule has 2 fully saturated rings. The number of carbonyl (C=O) groups is 1. The lowest BCUT2D eigenvalue weighted by Gasteiger charge is -2.38. The van der Waals surface area contributed by atoms with Gasteiger partial charge < -0.3 is 10.0 Å². The summed E-state index contributed by atoms with van der Waals surface area (Å²) in [6.45, 7) is 0. The summed E-state index contributed by atoms with van der Waals surface area (Å²) in [5, 5.41) is 9.99. The molecule has 0 aromatic heterocycles. The molecule has 0 radical (unpaired) electrons. The van der Waals surface area contributed by atoms with Gasteiger partial charge in [-0.2, -0.15) is 13.2 Å². The predicted molar refractivity (Wildman–Crippen MR) is 72.5 cm³/mol. The molecule has 3 nitrogen and oxygen atoms in total. The number of likely N-dealkylation sites (N-methyl/N-ethyl adjacent to an activating group) is 1. The number of hydrogen-bond donors (Lipinski definition) is 1. The van der Waals surface area contributed by atoms with Gasteiger partial charge in [0.25, 0.3) is 0 Å². The van der Waals surface area contributed by atoms with Crippen molar-refractivity contribution < 1.29 is 23.1 Å². The lowest BCUT2D eigenvalue weighted by Crippen LogP contribution is -2.49. The summed E-state index contributed by atoms with van der Waals surface area (Å²) < 4.78 is 37.9. The van der Waals surface area contributed by atoms with Gasteiger partial charge in [0.15, 0.2) is 0 Å². The van der Waals surface area contributed by atoms with Crippen LogP contribution in [0.25, 0.3) is 0 Å². The number of aliphatic hydroxyl groups excluding tert-OH is 1. The first-order valence-electron chi connectivity index (χ1n) is 7.82. The molecule has 2 atom stereocenters. The Bertz CT molecular complexity index is 364. The van der Waals surface area contributed by atoms with Crippen molar-refractivity contribution in [2.75, 3.05) is 7.05 Å². The second-order valence-corrected chi connectivity index (χ2v) is 6.46. The maximum atomic E-state index is 12.6. The summed E-state index contributed by atoms with van der Waals surface area (Å²) in [4.78, 5) is 14.0. The monoisotopic (exact) mass is 307 g/mol. The van der Waals surface area contributed by atoms with Crippen LogP contribution in [0.1, 0.15) is 51.4 Å². The van der Waals surface area contributed by atoms with Crippen LogP contribution in [-0.4, -0.2) is 41.3 Å². The van der Waals surface area contributed by atoms with Gasteiger partial charge in [0, 0.05) is 13.0 Å². The van der Waals surface area contributed by atoms with Gasteiger partial charge in [-0.1, -0.05) is 12.8 Å².